The maximum Gasteiger partial charge on any atom is 0.138 e. The van der Waals surface area contributed by atoms with Crippen LogP contribution in [-0.2, 0) is 10.8 Å². The zero-order valence-electron chi connectivity index (χ0n) is 36.9. The summed E-state index contributed by atoms with van der Waals surface area (Å²) in [6, 6.07) is 87.0. The van der Waals surface area contributed by atoms with Crippen LogP contribution in [0.25, 0.3) is 66.4 Å². The van der Waals surface area contributed by atoms with E-state index in [1.807, 2.05) is 0 Å². The Bertz CT molecular complexity index is 3630. The monoisotopic (exact) mass is 843 g/mol. The third-order valence-corrected chi connectivity index (χ3v) is 14.5. The van der Waals surface area contributed by atoms with Crippen molar-refractivity contribution < 1.29 is 4.42 Å². The minimum Gasteiger partial charge on any atom is -0.456 e. The Kier molecular flexibility index (Phi) is 8.51. The highest BCUT2D eigenvalue weighted by Crippen LogP contribution is 2.57. The molecular weight excluding hydrogens is 799 g/mol. The number of fused-ring (bicyclic) bond motifs is 9. The van der Waals surface area contributed by atoms with Crippen molar-refractivity contribution in [2.75, 3.05) is 4.90 Å². The largest absolute Gasteiger partial charge is 0.456 e. The van der Waals surface area contributed by atoms with Crippen LogP contribution in [-0.4, -0.2) is 0 Å². The lowest BCUT2D eigenvalue weighted by Gasteiger charge is -2.35. The quantitative estimate of drug-likeness (QED) is 0.159. The molecule has 13 rings (SSSR count). The summed E-state index contributed by atoms with van der Waals surface area (Å²) in [4.78, 5) is 2.50. The second-order valence-electron chi connectivity index (χ2n) is 18.4. The predicted molar refractivity (Wildman–Crippen MR) is 274 cm³/mol. The van der Waals surface area contributed by atoms with Crippen LogP contribution < -0.4 is 4.90 Å². The standard InChI is InChI=1S/C64H45NO/c1-63(2)55-30-15-12-27-50(55)53-36-34-49(41-58(53)63)65(48-26-18-25-47(40-48)64(46-23-10-5-11-24-46)56-31-16-13-28-51(56)52-29-14-17-32-57(52)64)59-37-45(43-21-8-4-9-22-43)39-61-62(59)54-35-33-44(38-60(54)66-61)42-19-6-3-7-20-42/h3-41H,1-2H3. The van der Waals surface area contributed by atoms with Gasteiger partial charge in [-0.1, -0.05) is 202 Å². The van der Waals surface area contributed by atoms with Crippen LogP contribution >= 0.6 is 0 Å². The first kappa shape index (κ1) is 38.3. The van der Waals surface area contributed by atoms with E-state index in [0.717, 1.165) is 61.3 Å². The van der Waals surface area contributed by atoms with Gasteiger partial charge in [0.15, 0.2) is 0 Å². The first-order valence-corrected chi connectivity index (χ1v) is 23.0. The van der Waals surface area contributed by atoms with Gasteiger partial charge in [0.2, 0.25) is 0 Å². The Morgan fingerprint density at radius 2 is 0.879 bits per heavy atom. The number of anilines is 3. The van der Waals surface area contributed by atoms with Gasteiger partial charge in [0, 0.05) is 22.2 Å². The third-order valence-electron chi connectivity index (χ3n) is 14.5. The average Bonchev–Trinajstić information content (AvgIpc) is 3.98. The SMILES string of the molecule is CC1(C)c2ccccc2-c2ccc(N(c3cccc(C4(c5ccccc5)c5ccccc5-c5ccccc54)c3)c3cc(-c4ccccc4)cc4oc5cc(-c6ccccc6)ccc5c34)cc21. The summed E-state index contributed by atoms with van der Waals surface area (Å²) in [5, 5.41) is 2.15. The van der Waals surface area contributed by atoms with Crippen molar-refractivity contribution in [2.45, 2.75) is 24.7 Å². The number of nitrogens with zero attached hydrogens (tertiary/aromatic N) is 1. The molecule has 0 radical (unpaired) electrons. The predicted octanol–water partition coefficient (Wildman–Crippen LogP) is 17.1. The molecule has 2 aliphatic rings. The van der Waals surface area contributed by atoms with E-state index in [0.29, 0.717) is 0 Å². The van der Waals surface area contributed by atoms with E-state index in [9.17, 15) is 0 Å². The first-order chi connectivity index (χ1) is 32.5. The van der Waals surface area contributed by atoms with E-state index in [1.54, 1.807) is 0 Å². The molecule has 0 saturated heterocycles. The van der Waals surface area contributed by atoms with Gasteiger partial charge in [-0.25, -0.2) is 0 Å². The smallest absolute Gasteiger partial charge is 0.138 e. The van der Waals surface area contributed by atoms with Crippen molar-refractivity contribution >= 4 is 39.0 Å². The summed E-state index contributed by atoms with van der Waals surface area (Å²) in [5.41, 5.74) is 21.6. The highest BCUT2D eigenvalue weighted by Gasteiger charge is 2.46. The van der Waals surface area contributed by atoms with Crippen LogP contribution in [0.2, 0.25) is 0 Å². The molecule has 0 fully saturated rings. The molecule has 2 heteroatoms. The molecule has 1 aromatic heterocycles. The molecule has 0 saturated carbocycles. The summed E-state index contributed by atoms with van der Waals surface area (Å²) in [5.74, 6) is 0. The zero-order valence-corrected chi connectivity index (χ0v) is 36.9. The maximum atomic E-state index is 7.02. The van der Waals surface area contributed by atoms with E-state index in [-0.39, 0.29) is 5.41 Å². The summed E-state index contributed by atoms with van der Waals surface area (Å²) in [6.45, 7) is 4.74. The summed E-state index contributed by atoms with van der Waals surface area (Å²) < 4.78 is 7.02. The van der Waals surface area contributed by atoms with Gasteiger partial charge in [-0.2, -0.15) is 0 Å². The topological polar surface area (TPSA) is 16.4 Å². The Labute approximate surface area is 385 Å². The Balaban J connectivity index is 1.11. The molecule has 66 heavy (non-hydrogen) atoms. The molecule has 0 amide bonds. The highest BCUT2D eigenvalue weighted by molar-refractivity contribution is 6.15. The van der Waals surface area contributed by atoms with Gasteiger partial charge in [0.25, 0.3) is 0 Å². The number of hydrogen-bond acceptors (Lipinski definition) is 2. The molecule has 312 valence electrons. The molecule has 0 bridgehead atoms. The van der Waals surface area contributed by atoms with Crippen LogP contribution in [0.4, 0.5) is 17.1 Å². The van der Waals surface area contributed by atoms with Crippen molar-refractivity contribution in [3.63, 3.8) is 0 Å². The van der Waals surface area contributed by atoms with Gasteiger partial charge in [-0.05, 0) is 126 Å². The average molecular weight is 844 g/mol. The van der Waals surface area contributed by atoms with Crippen molar-refractivity contribution in [3.8, 4) is 44.5 Å². The summed E-state index contributed by atoms with van der Waals surface area (Å²) >= 11 is 0. The fourth-order valence-corrected chi connectivity index (χ4v) is 11.5. The number of furan rings is 1. The van der Waals surface area contributed by atoms with Crippen LogP contribution in [0.5, 0.6) is 0 Å². The third kappa shape index (κ3) is 5.61. The van der Waals surface area contributed by atoms with Gasteiger partial charge in [0.05, 0.1) is 16.5 Å². The van der Waals surface area contributed by atoms with Gasteiger partial charge >= 0.3 is 0 Å². The van der Waals surface area contributed by atoms with Gasteiger partial charge in [-0.3, -0.25) is 0 Å². The Morgan fingerprint density at radius 1 is 0.348 bits per heavy atom. The second-order valence-corrected chi connectivity index (χ2v) is 18.4. The molecule has 0 N–H and O–H groups in total. The van der Waals surface area contributed by atoms with Crippen LogP contribution in [0.3, 0.4) is 0 Å². The number of rotatable bonds is 7. The summed E-state index contributed by atoms with van der Waals surface area (Å²) in [7, 11) is 0. The molecule has 0 unspecified atom stereocenters. The van der Waals surface area contributed by atoms with E-state index >= 15 is 0 Å². The molecule has 10 aromatic carbocycles. The highest BCUT2D eigenvalue weighted by atomic mass is 16.3. The normalized spacial score (nSPS) is 13.8. The molecule has 11 aromatic rings. The van der Waals surface area contributed by atoms with E-state index < -0.39 is 5.41 Å². The molecule has 0 aliphatic heterocycles. The number of benzene rings is 10. The maximum absolute atomic E-state index is 7.02. The number of hydrogen-bond donors (Lipinski definition) is 0. The fraction of sp³-hybridized carbons (Fsp3) is 0.0625. The minimum absolute atomic E-state index is 0.193. The van der Waals surface area contributed by atoms with Crippen molar-refractivity contribution in [1.29, 1.82) is 0 Å². The lowest BCUT2D eigenvalue weighted by Crippen LogP contribution is -2.28. The lowest BCUT2D eigenvalue weighted by molar-refractivity contribution is 0.660. The van der Waals surface area contributed by atoms with Crippen molar-refractivity contribution in [1.82, 2.24) is 0 Å². The molecule has 2 aliphatic carbocycles. The summed E-state index contributed by atoms with van der Waals surface area (Å²) in [6.07, 6.45) is 0. The van der Waals surface area contributed by atoms with E-state index in [4.69, 9.17) is 4.42 Å². The van der Waals surface area contributed by atoms with Crippen LogP contribution in [0.15, 0.2) is 241 Å². The fourth-order valence-electron chi connectivity index (χ4n) is 11.5. The zero-order chi connectivity index (χ0) is 44.0. The van der Waals surface area contributed by atoms with Gasteiger partial charge in [0.1, 0.15) is 11.2 Å². The Morgan fingerprint density at radius 3 is 1.56 bits per heavy atom. The van der Waals surface area contributed by atoms with E-state index in [2.05, 4.69) is 255 Å². The second kappa shape index (κ2) is 14.7. The van der Waals surface area contributed by atoms with Crippen molar-refractivity contribution in [3.05, 3.63) is 270 Å². The minimum atomic E-state index is -0.560. The first-order valence-electron chi connectivity index (χ1n) is 23.0. The van der Waals surface area contributed by atoms with Crippen LogP contribution in [0.1, 0.15) is 47.2 Å². The molecular formula is C64H45NO. The molecule has 0 atom stereocenters. The van der Waals surface area contributed by atoms with E-state index in [1.165, 1.54) is 55.6 Å². The lowest BCUT2D eigenvalue weighted by atomic mass is 9.67. The Hall–Kier alpha value is -8.20. The van der Waals surface area contributed by atoms with Gasteiger partial charge in [-0.15, -0.1) is 0 Å². The van der Waals surface area contributed by atoms with Crippen molar-refractivity contribution in [2.24, 2.45) is 0 Å². The van der Waals surface area contributed by atoms with Crippen LogP contribution in [0, 0.1) is 0 Å². The van der Waals surface area contributed by atoms with Gasteiger partial charge < -0.3 is 9.32 Å². The molecule has 2 nitrogen and oxygen atoms in total. The molecule has 1 heterocycles. The molecule has 0 spiro atoms.